The van der Waals surface area contributed by atoms with Crippen molar-refractivity contribution in [3.8, 4) is 0 Å². The lowest BCUT2D eigenvalue weighted by Crippen LogP contribution is -2.04. The Kier molecular flexibility index (Phi) is 3.21. The van der Waals surface area contributed by atoms with Crippen LogP contribution < -0.4 is 0 Å². The zero-order valence-corrected chi connectivity index (χ0v) is 12.3. The van der Waals surface area contributed by atoms with Gasteiger partial charge in [-0.2, -0.15) is 0 Å². The van der Waals surface area contributed by atoms with Gasteiger partial charge in [-0.1, -0.05) is 42.0 Å². The first-order chi connectivity index (χ1) is 9.56. The van der Waals surface area contributed by atoms with Crippen molar-refractivity contribution in [2.24, 2.45) is 5.92 Å². The van der Waals surface area contributed by atoms with Gasteiger partial charge in [0, 0.05) is 11.5 Å². The molecular weight excluding hydrogens is 244 g/mol. The van der Waals surface area contributed by atoms with E-state index in [0.717, 1.165) is 12.0 Å². The minimum absolute atomic E-state index is 0.180. The first-order valence-corrected chi connectivity index (χ1v) is 7.24. The number of hydrogen-bond donors (Lipinski definition) is 0. The zero-order valence-electron chi connectivity index (χ0n) is 12.3. The Morgan fingerprint density at radius 2 is 1.80 bits per heavy atom. The highest BCUT2D eigenvalue weighted by Crippen LogP contribution is 2.49. The van der Waals surface area contributed by atoms with Crippen LogP contribution in [0.1, 0.15) is 45.0 Å². The third kappa shape index (κ3) is 2.40. The highest BCUT2D eigenvalue weighted by molar-refractivity contribution is 6.00. The van der Waals surface area contributed by atoms with Crippen molar-refractivity contribution in [1.29, 1.82) is 0 Å². The van der Waals surface area contributed by atoms with Gasteiger partial charge in [-0.05, 0) is 55.9 Å². The fourth-order valence-electron chi connectivity index (χ4n) is 2.86. The summed E-state index contributed by atoms with van der Waals surface area (Å²) >= 11 is 0. The molecule has 0 aromatic heterocycles. The smallest absolute Gasteiger partial charge is 0.166 e. The standard InChI is InChI=1S/C19H20O/c1-12-5-4-6-15(9-12)17-11-18(17)19(20)16-8-7-13(2)14(3)10-16/h4-10,17-18H,11H2,1-3H3. The van der Waals surface area contributed by atoms with Gasteiger partial charge in [0.15, 0.2) is 5.78 Å². The first kappa shape index (κ1) is 13.1. The SMILES string of the molecule is Cc1cccc(C2CC2C(=O)c2ccc(C)c(C)c2)c1. The molecule has 2 atom stereocenters. The van der Waals surface area contributed by atoms with Crippen LogP contribution >= 0.6 is 0 Å². The van der Waals surface area contributed by atoms with Gasteiger partial charge in [-0.3, -0.25) is 4.79 Å². The molecule has 0 amide bonds. The average molecular weight is 264 g/mol. The third-order valence-electron chi connectivity index (χ3n) is 4.39. The van der Waals surface area contributed by atoms with E-state index >= 15 is 0 Å². The lowest BCUT2D eigenvalue weighted by atomic mass is 9.99. The van der Waals surface area contributed by atoms with Crippen molar-refractivity contribution < 1.29 is 4.79 Å². The van der Waals surface area contributed by atoms with E-state index in [4.69, 9.17) is 0 Å². The van der Waals surface area contributed by atoms with E-state index in [-0.39, 0.29) is 5.92 Å². The monoisotopic (exact) mass is 264 g/mol. The third-order valence-corrected chi connectivity index (χ3v) is 4.39. The molecule has 0 radical (unpaired) electrons. The number of carbonyl (C=O) groups is 1. The topological polar surface area (TPSA) is 17.1 Å². The van der Waals surface area contributed by atoms with Crippen LogP contribution in [0.2, 0.25) is 0 Å². The lowest BCUT2D eigenvalue weighted by molar-refractivity contribution is 0.0965. The molecule has 20 heavy (non-hydrogen) atoms. The Morgan fingerprint density at radius 3 is 2.50 bits per heavy atom. The molecule has 1 saturated carbocycles. The molecule has 2 aromatic rings. The van der Waals surface area contributed by atoms with Gasteiger partial charge in [-0.25, -0.2) is 0 Å². The summed E-state index contributed by atoms with van der Waals surface area (Å²) in [5, 5.41) is 0. The summed E-state index contributed by atoms with van der Waals surface area (Å²) in [6, 6.07) is 14.6. The van der Waals surface area contributed by atoms with Crippen LogP contribution in [0.15, 0.2) is 42.5 Å². The van der Waals surface area contributed by atoms with Crippen LogP contribution in [0, 0.1) is 26.7 Å². The Balaban J connectivity index is 1.78. The Labute approximate surface area is 120 Å². The number of hydrogen-bond acceptors (Lipinski definition) is 1. The van der Waals surface area contributed by atoms with Gasteiger partial charge >= 0.3 is 0 Å². The predicted octanol–water partition coefficient (Wildman–Crippen LogP) is 4.60. The molecule has 0 heterocycles. The Hall–Kier alpha value is -1.89. The second-order valence-electron chi connectivity index (χ2n) is 6.03. The van der Waals surface area contributed by atoms with E-state index in [0.29, 0.717) is 11.7 Å². The van der Waals surface area contributed by atoms with Crippen LogP contribution in [0.4, 0.5) is 0 Å². The molecular formula is C19H20O. The molecule has 1 aliphatic carbocycles. The van der Waals surface area contributed by atoms with Crippen molar-refractivity contribution in [1.82, 2.24) is 0 Å². The second kappa shape index (κ2) is 4.90. The van der Waals surface area contributed by atoms with Crippen molar-refractivity contribution in [2.75, 3.05) is 0 Å². The molecule has 1 nitrogen and oxygen atoms in total. The number of aryl methyl sites for hydroxylation is 3. The first-order valence-electron chi connectivity index (χ1n) is 7.24. The molecule has 0 bridgehead atoms. The molecule has 3 rings (SSSR count). The number of benzene rings is 2. The summed E-state index contributed by atoms with van der Waals surface area (Å²) < 4.78 is 0. The molecule has 1 aliphatic rings. The maximum atomic E-state index is 12.5. The Morgan fingerprint density at radius 1 is 1.00 bits per heavy atom. The molecule has 0 N–H and O–H groups in total. The summed E-state index contributed by atoms with van der Waals surface area (Å²) in [6.45, 7) is 6.25. The quantitative estimate of drug-likeness (QED) is 0.740. The van der Waals surface area contributed by atoms with Crippen LogP contribution in [0.25, 0.3) is 0 Å². The molecule has 1 heteroatoms. The van der Waals surface area contributed by atoms with Crippen LogP contribution in [0.5, 0.6) is 0 Å². The lowest BCUT2D eigenvalue weighted by Gasteiger charge is -2.05. The summed E-state index contributed by atoms with van der Waals surface area (Å²) in [5.74, 6) is 0.905. The molecule has 0 saturated heterocycles. The molecule has 2 unspecified atom stereocenters. The summed E-state index contributed by atoms with van der Waals surface area (Å²) in [5.41, 5.74) is 5.89. The van der Waals surface area contributed by atoms with Crippen molar-refractivity contribution >= 4 is 5.78 Å². The number of rotatable bonds is 3. The van der Waals surface area contributed by atoms with Crippen LogP contribution in [-0.2, 0) is 0 Å². The normalized spacial score (nSPS) is 20.8. The number of carbonyl (C=O) groups excluding carboxylic acids is 1. The molecule has 1 fully saturated rings. The van der Waals surface area contributed by atoms with Gasteiger partial charge in [0.05, 0.1) is 0 Å². The second-order valence-corrected chi connectivity index (χ2v) is 6.03. The van der Waals surface area contributed by atoms with Crippen molar-refractivity contribution in [2.45, 2.75) is 33.1 Å². The van der Waals surface area contributed by atoms with Gasteiger partial charge in [0.1, 0.15) is 0 Å². The van der Waals surface area contributed by atoms with Gasteiger partial charge < -0.3 is 0 Å². The van der Waals surface area contributed by atoms with Crippen molar-refractivity contribution in [3.63, 3.8) is 0 Å². The zero-order chi connectivity index (χ0) is 14.3. The van der Waals surface area contributed by atoms with E-state index in [1.807, 2.05) is 18.2 Å². The van der Waals surface area contributed by atoms with E-state index in [1.165, 1.54) is 22.3 Å². The minimum atomic E-state index is 0.180. The van der Waals surface area contributed by atoms with Crippen LogP contribution in [-0.4, -0.2) is 5.78 Å². The summed E-state index contributed by atoms with van der Waals surface area (Å²) in [7, 11) is 0. The number of ketones is 1. The maximum Gasteiger partial charge on any atom is 0.166 e. The van der Waals surface area contributed by atoms with E-state index in [9.17, 15) is 4.79 Å². The van der Waals surface area contributed by atoms with E-state index < -0.39 is 0 Å². The fourth-order valence-corrected chi connectivity index (χ4v) is 2.86. The fraction of sp³-hybridized carbons (Fsp3) is 0.316. The summed E-state index contributed by atoms with van der Waals surface area (Å²) in [4.78, 5) is 12.5. The number of Topliss-reactive ketones (excluding diaryl/α,β-unsaturated/α-hetero) is 1. The average Bonchev–Trinajstić information content (AvgIpc) is 3.21. The van der Waals surface area contributed by atoms with E-state index in [2.05, 4.69) is 45.0 Å². The predicted molar refractivity (Wildman–Crippen MR) is 82.3 cm³/mol. The van der Waals surface area contributed by atoms with Gasteiger partial charge in [0.25, 0.3) is 0 Å². The highest BCUT2D eigenvalue weighted by Gasteiger charge is 2.43. The van der Waals surface area contributed by atoms with E-state index in [1.54, 1.807) is 0 Å². The minimum Gasteiger partial charge on any atom is -0.294 e. The van der Waals surface area contributed by atoms with Crippen LogP contribution in [0.3, 0.4) is 0 Å². The highest BCUT2D eigenvalue weighted by atomic mass is 16.1. The molecule has 102 valence electrons. The molecule has 0 spiro atoms. The van der Waals surface area contributed by atoms with Gasteiger partial charge in [0.2, 0.25) is 0 Å². The Bertz CT molecular complexity index is 669. The van der Waals surface area contributed by atoms with Crippen molar-refractivity contribution in [3.05, 3.63) is 70.3 Å². The summed E-state index contributed by atoms with van der Waals surface area (Å²) in [6.07, 6.45) is 0.995. The molecule has 2 aromatic carbocycles. The largest absolute Gasteiger partial charge is 0.294 e. The maximum absolute atomic E-state index is 12.5. The molecule has 0 aliphatic heterocycles. The van der Waals surface area contributed by atoms with Gasteiger partial charge in [-0.15, -0.1) is 0 Å².